The van der Waals surface area contributed by atoms with Crippen LogP contribution in [-0.4, -0.2) is 42.8 Å². The number of piperazine rings is 1. The quantitative estimate of drug-likeness (QED) is 0.528. The maximum atomic E-state index is 9.64. The molecule has 0 spiro atoms. The Morgan fingerprint density at radius 2 is 2.13 bits per heavy atom. The van der Waals surface area contributed by atoms with E-state index in [1.807, 2.05) is 12.3 Å². The molecule has 2 N–H and O–H groups in total. The fourth-order valence-corrected chi connectivity index (χ4v) is 5.42. The van der Waals surface area contributed by atoms with E-state index in [1.165, 1.54) is 36.9 Å². The maximum Gasteiger partial charge on any atom is 0.132 e. The summed E-state index contributed by atoms with van der Waals surface area (Å²) in [6.45, 7) is 9.88. The summed E-state index contributed by atoms with van der Waals surface area (Å²) in [6.07, 6.45) is 10.7. The molecule has 0 atom stereocenters. The van der Waals surface area contributed by atoms with Gasteiger partial charge in [-0.2, -0.15) is 5.26 Å². The van der Waals surface area contributed by atoms with Crippen molar-refractivity contribution >= 4 is 34.0 Å². The highest BCUT2D eigenvalue weighted by Crippen LogP contribution is 2.43. The smallest absolute Gasteiger partial charge is 0.132 e. The average molecular weight is 421 g/mol. The number of allylic oxidation sites excluding steroid dienone is 3. The van der Waals surface area contributed by atoms with Crippen molar-refractivity contribution in [3.8, 4) is 6.07 Å². The van der Waals surface area contributed by atoms with Gasteiger partial charge in [0.05, 0.1) is 4.70 Å². The molecule has 0 radical (unpaired) electrons. The van der Waals surface area contributed by atoms with Crippen molar-refractivity contribution in [1.82, 2.24) is 15.2 Å². The van der Waals surface area contributed by atoms with Gasteiger partial charge >= 0.3 is 0 Å². The molecule has 4 rings (SSSR count). The lowest BCUT2D eigenvalue weighted by Gasteiger charge is -2.29. The standard InChI is InChI=1S/C23H28N6S/c1-16(29-11-9-26-10-12-29)7-8-21(25-2)28-22-13-18-20(15-27-22)30-19(14-24)23(18)17-5-3-4-6-17/h7-8,13,15,17,26H,2-6,9-12H2,1H3,(H,27,28)/b16-7+,21-8+. The lowest BCUT2D eigenvalue weighted by Crippen LogP contribution is -2.42. The number of nitrogens with one attached hydrogen (secondary N) is 2. The fourth-order valence-electron chi connectivity index (χ4n) is 4.38. The second kappa shape index (κ2) is 9.41. The van der Waals surface area contributed by atoms with Gasteiger partial charge in [0.2, 0.25) is 0 Å². The molecule has 1 aliphatic heterocycles. The van der Waals surface area contributed by atoms with Crippen molar-refractivity contribution < 1.29 is 0 Å². The summed E-state index contributed by atoms with van der Waals surface area (Å²) in [5, 5.41) is 17.5. The number of fused-ring (bicyclic) bond motifs is 1. The van der Waals surface area contributed by atoms with Crippen LogP contribution in [-0.2, 0) is 0 Å². The number of hydrogen-bond donors (Lipinski definition) is 2. The average Bonchev–Trinajstić information content (AvgIpc) is 3.43. The number of aliphatic imine (C=N–C) groups is 1. The molecule has 3 heterocycles. The van der Waals surface area contributed by atoms with Crippen LogP contribution >= 0.6 is 11.3 Å². The molecule has 30 heavy (non-hydrogen) atoms. The van der Waals surface area contributed by atoms with E-state index in [9.17, 15) is 5.26 Å². The summed E-state index contributed by atoms with van der Waals surface area (Å²) in [4.78, 5) is 11.9. The third-order valence-electron chi connectivity index (χ3n) is 6.00. The summed E-state index contributed by atoms with van der Waals surface area (Å²) >= 11 is 1.55. The van der Waals surface area contributed by atoms with Crippen LogP contribution in [0.5, 0.6) is 0 Å². The largest absolute Gasteiger partial charge is 0.372 e. The molecule has 6 nitrogen and oxygen atoms in total. The number of pyridine rings is 1. The Hall–Kier alpha value is -2.69. The summed E-state index contributed by atoms with van der Waals surface area (Å²) in [6, 6.07) is 4.47. The van der Waals surface area contributed by atoms with Gasteiger partial charge in [0.15, 0.2) is 0 Å². The number of aromatic nitrogens is 1. The SMILES string of the molecule is C=N/C(=C\C=C(/C)N1CCNCC1)Nc1cc2c(C3CCCC3)c(C#N)sc2cn1. The van der Waals surface area contributed by atoms with Gasteiger partial charge in [-0.15, -0.1) is 11.3 Å². The van der Waals surface area contributed by atoms with E-state index in [1.54, 1.807) is 11.3 Å². The maximum absolute atomic E-state index is 9.64. The third kappa shape index (κ3) is 4.40. The second-order valence-electron chi connectivity index (χ2n) is 7.88. The third-order valence-corrected chi connectivity index (χ3v) is 7.06. The number of nitriles is 1. The number of hydrogen-bond acceptors (Lipinski definition) is 7. The van der Waals surface area contributed by atoms with Gasteiger partial charge in [0, 0.05) is 43.5 Å². The van der Waals surface area contributed by atoms with Crippen LogP contribution in [0.3, 0.4) is 0 Å². The Morgan fingerprint density at radius 3 is 2.83 bits per heavy atom. The van der Waals surface area contributed by atoms with E-state index in [0.29, 0.717) is 11.7 Å². The van der Waals surface area contributed by atoms with Crippen molar-refractivity contribution in [1.29, 1.82) is 5.26 Å². The summed E-state index contributed by atoms with van der Waals surface area (Å²) < 4.78 is 1.07. The lowest BCUT2D eigenvalue weighted by atomic mass is 9.95. The molecule has 2 aromatic rings. The van der Waals surface area contributed by atoms with Gasteiger partial charge in [0.1, 0.15) is 22.6 Å². The number of thiophene rings is 1. The molecule has 7 heteroatoms. The monoisotopic (exact) mass is 420 g/mol. The summed E-state index contributed by atoms with van der Waals surface area (Å²) in [5.74, 6) is 1.88. The molecule has 0 bridgehead atoms. The summed E-state index contributed by atoms with van der Waals surface area (Å²) in [7, 11) is 0. The molecule has 1 aliphatic carbocycles. The van der Waals surface area contributed by atoms with Gasteiger partial charge < -0.3 is 15.5 Å². The van der Waals surface area contributed by atoms with Crippen LogP contribution in [0.2, 0.25) is 0 Å². The first kappa shape index (κ1) is 20.6. The van der Waals surface area contributed by atoms with E-state index < -0.39 is 0 Å². The molecule has 2 fully saturated rings. The van der Waals surface area contributed by atoms with Crippen molar-refractivity contribution in [3.63, 3.8) is 0 Å². The van der Waals surface area contributed by atoms with E-state index in [4.69, 9.17) is 0 Å². The zero-order chi connectivity index (χ0) is 20.9. The van der Waals surface area contributed by atoms with Gasteiger partial charge in [0.25, 0.3) is 0 Å². The van der Waals surface area contributed by atoms with Gasteiger partial charge in [-0.05, 0) is 56.2 Å². The van der Waals surface area contributed by atoms with Crippen molar-refractivity contribution in [2.45, 2.75) is 38.5 Å². The number of nitrogens with zero attached hydrogens (tertiary/aromatic N) is 4. The van der Waals surface area contributed by atoms with Crippen LogP contribution in [0.15, 0.2) is 40.9 Å². The Balaban J connectivity index is 1.58. The molecular formula is C23H28N6S. The van der Waals surface area contributed by atoms with Crippen molar-refractivity contribution in [2.75, 3.05) is 31.5 Å². The van der Waals surface area contributed by atoms with E-state index >= 15 is 0 Å². The number of anilines is 1. The molecule has 1 saturated carbocycles. The highest BCUT2D eigenvalue weighted by molar-refractivity contribution is 7.19. The van der Waals surface area contributed by atoms with E-state index in [2.05, 4.69) is 57.4 Å². The molecule has 2 aliphatic rings. The normalized spacial score (nSPS) is 18.6. The van der Waals surface area contributed by atoms with Crippen molar-refractivity contribution in [3.05, 3.63) is 46.4 Å². The predicted molar refractivity (Wildman–Crippen MR) is 125 cm³/mol. The minimum Gasteiger partial charge on any atom is -0.372 e. The topological polar surface area (TPSA) is 76.3 Å². The Morgan fingerprint density at radius 1 is 1.37 bits per heavy atom. The zero-order valence-corrected chi connectivity index (χ0v) is 18.3. The first-order chi connectivity index (χ1) is 14.7. The Bertz CT molecular complexity index is 1020. The highest BCUT2D eigenvalue weighted by atomic mass is 32.1. The lowest BCUT2D eigenvalue weighted by molar-refractivity contribution is 0.300. The highest BCUT2D eigenvalue weighted by Gasteiger charge is 2.24. The molecular weight excluding hydrogens is 392 g/mol. The molecule has 156 valence electrons. The molecule has 1 saturated heterocycles. The fraction of sp³-hybridized carbons (Fsp3) is 0.435. The van der Waals surface area contributed by atoms with Crippen LogP contribution in [0.25, 0.3) is 10.1 Å². The van der Waals surface area contributed by atoms with Crippen molar-refractivity contribution in [2.24, 2.45) is 4.99 Å². The minimum absolute atomic E-state index is 0.487. The molecule has 2 aromatic heterocycles. The van der Waals surface area contributed by atoms with E-state index in [0.717, 1.165) is 47.0 Å². The predicted octanol–water partition coefficient (Wildman–Crippen LogP) is 4.59. The second-order valence-corrected chi connectivity index (χ2v) is 8.94. The number of rotatable bonds is 6. The van der Waals surface area contributed by atoms with E-state index in [-0.39, 0.29) is 0 Å². The first-order valence-electron chi connectivity index (χ1n) is 10.6. The Labute approximate surface area is 182 Å². The molecule has 0 unspecified atom stereocenters. The van der Waals surface area contributed by atoms with Gasteiger partial charge in [-0.1, -0.05) is 12.8 Å². The molecule has 0 aromatic carbocycles. The summed E-state index contributed by atoms with van der Waals surface area (Å²) in [5.41, 5.74) is 2.43. The van der Waals surface area contributed by atoms with Crippen LogP contribution in [0.1, 0.15) is 49.0 Å². The Kier molecular flexibility index (Phi) is 6.46. The zero-order valence-electron chi connectivity index (χ0n) is 17.4. The van der Waals surface area contributed by atoms with Gasteiger partial charge in [-0.25, -0.2) is 9.98 Å². The van der Waals surface area contributed by atoms with Crippen LogP contribution in [0, 0.1) is 11.3 Å². The minimum atomic E-state index is 0.487. The first-order valence-corrected chi connectivity index (χ1v) is 11.4. The molecule has 0 amide bonds. The van der Waals surface area contributed by atoms with Crippen LogP contribution < -0.4 is 10.6 Å². The van der Waals surface area contributed by atoms with Gasteiger partial charge in [-0.3, -0.25) is 0 Å². The van der Waals surface area contributed by atoms with Crippen LogP contribution in [0.4, 0.5) is 5.82 Å².